The molecule has 2 atom stereocenters. The van der Waals surface area contributed by atoms with Crippen LogP contribution in [-0.2, 0) is 0 Å². The van der Waals surface area contributed by atoms with E-state index in [4.69, 9.17) is 0 Å². The van der Waals surface area contributed by atoms with Crippen LogP contribution in [-0.4, -0.2) is 24.5 Å². The van der Waals surface area contributed by atoms with Crippen molar-refractivity contribution in [1.29, 1.82) is 5.26 Å². The molecule has 0 saturated carbocycles. The molecular weight excluding hydrogens is 220 g/mol. The van der Waals surface area contributed by atoms with Gasteiger partial charge in [-0.3, -0.25) is 0 Å². The summed E-state index contributed by atoms with van der Waals surface area (Å²) in [4.78, 5) is 2.24. The Hall–Kier alpha value is -1.33. The highest BCUT2D eigenvalue weighted by atomic mass is 15.1. The molecule has 0 aliphatic rings. The van der Waals surface area contributed by atoms with E-state index in [1.165, 1.54) is 0 Å². The van der Waals surface area contributed by atoms with Gasteiger partial charge in [0.2, 0.25) is 0 Å². The lowest BCUT2D eigenvalue weighted by Gasteiger charge is -2.41. The average Bonchev–Trinajstić information content (AvgIpc) is 2.36. The van der Waals surface area contributed by atoms with Crippen LogP contribution in [0.1, 0.15) is 38.7 Å². The number of hydrogen-bond donors (Lipinski definition) is 0. The van der Waals surface area contributed by atoms with Gasteiger partial charge in [-0.25, -0.2) is 0 Å². The second kappa shape index (κ2) is 6.02. The van der Waals surface area contributed by atoms with Crippen molar-refractivity contribution in [3.63, 3.8) is 0 Å². The lowest BCUT2D eigenvalue weighted by atomic mass is 9.77. The van der Waals surface area contributed by atoms with Gasteiger partial charge in [-0.1, -0.05) is 44.2 Å². The fourth-order valence-electron chi connectivity index (χ4n) is 2.27. The van der Waals surface area contributed by atoms with Crippen molar-refractivity contribution >= 4 is 0 Å². The van der Waals surface area contributed by atoms with E-state index in [0.29, 0.717) is 5.92 Å². The highest BCUT2D eigenvalue weighted by molar-refractivity contribution is 5.25. The minimum atomic E-state index is -0.0407. The average molecular weight is 244 g/mol. The molecule has 0 aliphatic heterocycles. The number of hydrogen-bond acceptors (Lipinski definition) is 2. The molecule has 1 rings (SSSR count). The van der Waals surface area contributed by atoms with Gasteiger partial charge >= 0.3 is 0 Å². The van der Waals surface area contributed by atoms with Crippen molar-refractivity contribution in [2.75, 3.05) is 14.1 Å². The molecule has 0 amide bonds. The van der Waals surface area contributed by atoms with Crippen LogP contribution in [0.4, 0.5) is 0 Å². The van der Waals surface area contributed by atoms with Crippen LogP contribution < -0.4 is 0 Å². The Labute approximate surface area is 111 Å². The molecule has 2 heteroatoms. The zero-order valence-electron chi connectivity index (χ0n) is 12.1. The van der Waals surface area contributed by atoms with Crippen molar-refractivity contribution in [2.24, 2.45) is 5.92 Å². The second-order valence-electron chi connectivity index (χ2n) is 5.70. The summed E-state index contributed by atoms with van der Waals surface area (Å²) >= 11 is 0. The molecule has 0 fully saturated rings. The summed E-state index contributed by atoms with van der Waals surface area (Å²) in [7, 11) is 4.19. The Morgan fingerprint density at radius 2 is 1.78 bits per heavy atom. The third-order valence-corrected chi connectivity index (χ3v) is 4.24. The number of rotatable bonds is 5. The monoisotopic (exact) mass is 244 g/mol. The third-order valence-electron chi connectivity index (χ3n) is 4.24. The first-order valence-electron chi connectivity index (χ1n) is 6.53. The number of benzene rings is 1. The van der Waals surface area contributed by atoms with Gasteiger partial charge in [-0.15, -0.1) is 0 Å². The van der Waals surface area contributed by atoms with Gasteiger partial charge in [-0.2, -0.15) is 5.26 Å². The molecule has 98 valence electrons. The first-order chi connectivity index (χ1) is 8.41. The Bertz CT molecular complexity index is 393. The molecular formula is C16H24N2. The maximum atomic E-state index is 9.44. The summed E-state index contributed by atoms with van der Waals surface area (Å²) in [5.74, 6) is 0.466. The van der Waals surface area contributed by atoms with Crippen molar-refractivity contribution in [3.05, 3.63) is 35.9 Å². The third kappa shape index (κ3) is 3.11. The summed E-state index contributed by atoms with van der Waals surface area (Å²) in [6.45, 7) is 6.68. The molecule has 0 bridgehead atoms. The maximum absolute atomic E-state index is 9.44. The summed E-state index contributed by atoms with van der Waals surface area (Å²) in [6, 6.07) is 12.5. The van der Waals surface area contributed by atoms with E-state index < -0.39 is 0 Å². The van der Waals surface area contributed by atoms with Gasteiger partial charge in [0.1, 0.15) is 0 Å². The summed E-state index contributed by atoms with van der Waals surface area (Å²) in [6.07, 6.45) is 0.859. The quantitative estimate of drug-likeness (QED) is 0.790. The Morgan fingerprint density at radius 3 is 2.17 bits per heavy atom. The van der Waals surface area contributed by atoms with Gasteiger partial charge in [-0.05, 0) is 38.9 Å². The minimum absolute atomic E-state index is 0.0379. The Morgan fingerprint density at radius 1 is 1.22 bits per heavy atom. The van der Waals surface area contributed by atoms with E-state index in [9.17, 15) is 5.26 Å². The van der Waals surface area contributed by atoms with Gasteiger partial charge in [0.25, 0.3) is 0 Å². The predicted molar refractivity (Wildman–Crippen MR) is 76.3 cm³/mol. The van der Waals surface area contributed by atoms with E-state index in [1.807, 2.05) is 30.3 Å². The molecule has 1 aromatic rings. The molecule has 18 heavy (non-hydrogen) atoms. The molecule has 0 N–H and O–H groups in total. The SMILES string of the molecule is CC(C)C(C)(CC(C#N)c1ccccc1)N(C)C. The molecule has 0 saturated heterocycles. The molecule has 0 heterocycles. The first kappa shape index (κ1) is 14.7. The van der Waals surface area contributed by atoms with Crippen LogP contribution in [0.15, 0.2) is 30.3 Å². The van der Waals surface area contributed by atoms with E-state index in [0.717, 1.165) is 12.0 Å². The van der Waals surface area contributed by atoms with Crippen molar-refractivity contribution in [2.45, 2.75) is 38.6 Å². The van der Waals surface area contributed by atoms with Crippen molar-refractivity contribution in [3.8, 4) is 6.07 Å². The largest absolute Gasteiger partial charge is 0.304 e. The van der Waals surface area contributed by atoms with Gasteiger partial charge in [0, 0.05) is 5.54 Å². The maximum Gasteiger partial charge on any atom is 0.0730 e. The van der Waals surface area contributed by atoms with Crippen molar-refractivity contribution in [1.82, 2.24) is 4.90 Å². The smallest absolute Gasteiger partial charge is 0.0730 e. The van der Waals surface area contributed by atoms with Crippen molar-refractivity contribution < 1.29 is 0 Å². The summed E-state index contributed by atoms with van der Waals surface area (Å²) in [5, 5.41) is 9.44. The molecule has 1 aromatic carbocycles. The lowest BCUT2D eigenvalue weighted by Crippen LogP contribution is -2.46. The predicted octanol–water partition coefficient (Wildman–Crippen LogP) is 3.66. The van der Waals surface area contributed by atoms with Crippen LogP contribution in [0.5, 0.6) is 0 Å². The molecule has 0 spiro atoms. The Balaban J connectivity index is 2.96. The molecule has 0 aromatic heterocycles. The van der Waals surface area contributed by atoms with Gasteiger partial charge in [0.05, 0.1) is 12.0 Å². The number of nitriles is 1. The van der Waals surface area contributed by atoms with Crippen LogP contribution in [0.3, 0.4) is 0 Å². The number of nitrogens with zero attached hydrogens (tertiary/aromatic N) is 2. The minimum Gasteiger partial charge on any atom is -0.304 e. The van der Waals surface area contributed by atoms with Crippen LogP contribution in [0.25, 0.3) is 0 Å². The normalized spacial score (nSPS) is 16.3. The topological polar surface area (TPSA) is 27.0 Å². The highest BCUT2D eigenvalue weighted by Crippen LogP contribution is 2.33. The van der Waals surface area contributed by atoms with Crippen LogP contribution in [0.2, 0.25) is 0 Å². The molecule has 2 nitrogen and oxygen atoms in total. The zero-order valence-corrected chi connectivity index (χ0v) is 12.1. The Kier molecular flexibility index (Phi) is 4.93. The van der Waals surface area contributed by atoms with Gasteiger partial charge in [0.15, 0.2) is 0 Å². The van der Waals surface area contributed by atoms with Gasteiger partial charge < -0.3 is 4.90 Å². The van der Waals surface area contributed by atoms with E-state index in [1.54, 1.807) is 0 Å². The first-order valence-corrected chi connectivity index (χ1v) is 6.53. The fraction of sp³-hybridized carbons (Fsp3) is 0.562. The molecule has 2 unspecified atom stereocenters. The fourth-order valence-corrected chi connectivity index (χ4v) is 2.27. The summed E-state index contributed by atoms with van der Waals surface area (Å²) < 4.78 is 0. The zero-order chi connectivity index (χ0) is 13.8. The van der Waals surface area contributed by atoms with E-state index >= 15 is 0 Å². The van der Waals surface area contributed by atoms with Crippen LogP contribution in [0, 0.1) is 17.2 Å². The molecule has 0 aliphatic carbocycles. The lowest BCUT2D eigenvalue weighted by molar-refractivity contribution is 0.101. The van der Waals surface area contributed by atoms with Crippen LogP contribution >= 0.6 is 0 Å². The molecule has 0 radical (unpaired) electrons. The second-order valence-corrected chi connectivity index (χ2v) is 5.70. The van der Waals surface area contributed by atoms with E-state index in [-0.39, 0.29) is 11.5 Å². The van der Waals surface area contributed by atoms with E-state index in [2.05, 4.69) is 45.8 Å². The highest BCUT2D eigenvalue weighted by Gasteiger charge is 2.34. The standard InChI is InChI=1S/C16H24N2/c1-13(2)16(3,18(4)5)11-15(12-17)14-9-7-6-8-10-14/h6-10,13,15H,11H2,1-5H3. The summed E-state index contributed by atoms with van der Waals surface area (Å²) in [5.41, 5.74) is 1.16.